The maximum atomic E-state index is 12.1. The van der Waals surface area contributed by atoms with Crippen molar-refractivity contribution in [2.24, 2.45) is 0 Å². The fourth-order valence-corrected chi connectivity index (χ4v) is 2.16. The van der Waals surface area contributed by atoms with Crippen LogP contribution in [-0.2, 0) is 6.42 Å². The number of rotatable bonds is 5. The van der Waals surface area contributed by atoms with E-state index in [9.17, 15) is 4.79 Å². The van der Waals surface area contributed by atoms with Crippen molar-refractivity contribution in [2.45, 2.75) is 6.42 Å². The van der Waals surface area contributed by atoms with Gasteiger partial charge in [0.2, 0.25) is 0 Å². The van der Waals surface area contributed by atoms with Crippen molar-refractivity contribution in [3.8, 4) is 5.75 Å². The van der Waals surface area contributed by atoms with Crippen LogP contribution >= 0.6 is 0 Å². The lowest BCUT2D eigenvalue weighted by Gasteiger charge is -2.02. The number of hydrogen-bond donors (Lipinski definition) is 2. The van der Waals surface area contributed by atoms with Gasteiger partial charge in [-0.3, -0.25) is 14.9 Å². The predicted molar refractivity (Wildman–Crippen MR) is 86.6 cm³/mol. The lowest BCUT2D eigenvalue weighted by atomic mass is 10.1. The maximum Gasteiger partial charge on any atom is 0.276 e. The van der Waals surface area contributed by atoms with Crippen LogP contribution in [-0.4, -0.2) is 28.2 Å². The monoisotopic (exact) mass is 308 g/mol. The van der Waals surface area contributed by atoms with Gasteiger partial charge in [0.1, 0.15) is 5.75 Å². The molecule has 0 saturated heterocycles. The van der Waals surface area contributed by atoms with Gasteiger partial charge in [-0.2, -0.15) is 5.10 Å². The quantitative estimate of drug-likeness (QED) is 0.759. The third-order valence-electron chi connectivity index (χ3n) is 3.36. The Bertz CT molecular complexity index is 782. The molecule has 3 aromatic rings. The largest absolute Gasteiger partial charge is 0.497 e. The number of H-pyrrole nitrogens is 1. The number of pyridine rings is 1. The highest BCUT2D eigenvalue weighted by molar-refractivity contribution is 6.02. The fraction of sp³-hybridized carbons (Fsp3) is 0.118. The number of methoxy groups -OCH3 is 1. The molecule has 1 aromatic carbocycles. The number of hydrogen-bond acceptors (Lipinski definition) is 4. The number of carbonyl (C=O) groups is 1. The summed E-state index contributed by atoms with van der Waals surface area (Å²) < 4.78 is 5.13. The molecule has 0 unspecified atom stereocenters. The molecule has 23 heavy (non-hydrogen) atoms. The van der Waals surface area contributed by atoms with Gasteiger partial charge >= 0.3 is 0 Å². The molecule has 2 N–H and O–H groups in total. The van der Waals surface area contributed by atoms with Crippen molar-refractivity contribution in [1.82, 2.24) is 15.2 Å². The number of ether oxygens (including phenoxy) is 1. The lowest BCUT2D eigenvalue weighted by molar-refractivity contribution is 0.102. The van der Waals surface area contributed by atoms with Crippen molar-refractivity contribution < 1.29 is 9.53 Å². The third-order valence-corrected chi connectivity index (χ3v) is 3.36. The van der Waals surface area contributed by atoms with Crippen molar-refractivity contribution >= 4 is 11.6 Å². The van der Waals surface area contributed by atoms with E-state index in [0.29, 0.717) is 17.8 Å². The Kier molecular flexibility index (Phi) is 4.33. The summed E-state index contributed by atoms with van der Waals surface area (Å²) in [6.45, 7) is 0. The summed E-state index contributed by atoms with van der Waals surface area (Å²) in [6.07, 6.45) is 3.91. The number of amides is 1. The van der Waals surface area contributed by atoms with Gasteiger partial charge in [0.05, 0.1) is 7.11 Å². The predicted octanol–water partition coefficient (Wildman–Crippen LogP) is 2.66. The molecular formula is C17H16N4O2. The summed E-state index contributed by atoms with van der Waals surface area (Å²) in [5.74, 6) is 0.559. The standard InChI is InChI=1S/C17H16N4O2/c1-23-15-4-2-12(3-5-15)10-14-11-16(21-20-14)17(22)19-13-6-8-18-9-7-13/h2-9,11H,10H2,1H3,(H,20,21)(H,18,19,22). The van der Waals surface area contributed by atoms with E-state index in [1.807, 2.05) is 24.3 Å². The van der Waals surface area contributed by atoms with E-state index in [1.165, 1.54) is 0 Å². The number of nitrogens with zero attached hydrogens (tertiary/aromatic N) is 2. The normalized spacial score (nSPS) is 10.3. The molecule has 0 saturated carbocycles. The summed E-state index contributed by atoms with van der Waals surface area (Å²) in [4.78, 5) is 16.0. The van der Waals surface area contributed by atoms with Crippen molar-refractivity contribution in [3.05, 3.63) is 71.8 Å². The Morgan fingerprint density at radius 2 is 1.91 bits per heavy atom. The molecule has 6 nitrogen and oxygen atoms in total. The minimum absolute atomic E-state index is 0.256. The Balaban J connectivity index is 1.66. The summed E-state index contributed by atoms with van der Waals surface area (Å²) in [5, 5.41) is 9.73. The second-order valence-corrected chi connectivity index (χ2v) is 4.99. The Labute approximate surface area is 133 Å². The fourth-order valence-electron chi connectivity index (χ4n) is 2.16. The van der Waals surface area contributed by atoms with Crippen LogP contribution in [0.4, 0.5) is 5.69 Å². The zero-order chi connectivity index (χ0) is 16.1. The second-order valence-electron chi connectivity index (χ2n) is 4.99. The number of anilines is 1. The maximum absolute atomic E-state index is 12.1. The van der Waals surface area contributed by atoms with Crippen LogP contribution in [0.25, 0.3) is 0 Å². The summed E-state index contributed by atoms with van der Waals surface area (Å²) in [5.41, 5.74) is 3.01. The SMILES string of the molecule is COc1ccc(Cc2cc(C(=O)Nc3ccncc3)n[nH]2)cc1. The van der Waals surface area contributed by atoms with Crippen LogP contribution in [0.15, 0.2) is 54.9 Å². The van der Waals surface area contributed by atoms with E-state index in [4.69, 9.17) is 4.74 Å². The number of benzene rings is 1. The van der Waals surface area contributed by atoms with Gasteiger partial charge in [0, 0.05) is 30.2 Å². The smallest absolute Gasteiger partial charge is 0.276 e. The van der Waals surface area contributed by atoms with Crippen molar-refractivity contribution in [2.75, 3.05) is 12.4 Å². The second kappa shape index (κ2) is 6.74. The molecule has 0 aliphatic heterocycles. The first-order valence-corrected chi connectivity index (χ1v) is 7.13. The Morgan fingerprint density at radius 3 is 2.61 bits per heavy atom. The van der Waals surface area contributed by atoms with Crippen molar-refractivity contribution in [3.63, 3.8) is 0 Å². The van der Waals surface area contributed by atoms with Crippen LogP contribution in [0.2, 0.25) is 0 Å². The first kappa shape index (κ1) is 14.8. The summed E-state index contributed by atoms with van der Waals surface area (Å²) in [7, 11) is 1.64. The minimum Gasteiger partial charge on any atom is -0.497 e. The van der Waals surface area contributed by atoms with Gasteiger partial charge in [-0.15, -0.1) is 0 Å². The third kappa shape index (κ3) is 3.74. The van der Waals surface area contributed by atoms with E-state index in [2.05, 4.69) is 20.5 Å². The topological polar surface area (TPSA) is 79.9 Å². The molecular weight excluding hydrogens is 292 g/mol. The Morgan fingerprint density at radius 1 is 1.17 bits per heavy atom. The van der Waals surface area contributed by atoms with Gasteiger partial charge in [0.25, 0.3) is 5.91 Å². The molecule has 0 atom stereocenters. The highest BCUT2D eigenvalue weighted by atomic mass is 16.5. The molecule has 0 aliphatic rings. The van der Waals surface area contributed by atoms with Crippen LogP contribution in [0.5, 0.6) is 5.75 Å². The van der Waals surface area contributed by atoms with E-state index in [1.54, 1.807) is 37.7 Å². The zero-order valence-electron chi connectivity index (χ0n) is 12.6. The van der Waals surface area contributed by atoms with E-state index in [0.717, 1.165) is 17.0 Å². The lowest BCUT2D eigenvalue weighted by Crippen LogP contribution is -2.12. The van der Waals surface area contributed by atoms with Gasteiger partial charge in [-0.25, -0.2) is 0 Å². The number of aromatic nitrogens is 3. The molecule has 0 bridgehead atoms. The van der Waals surface area contributed by atoms with Gasteiger partial charge < -0.3 is 10.1 Å². The van der Waals surface area contributed by atoms with Crippen LogP contribution in [0.1, 0.15) is 21.7 Å². The average molecular weight is 308 g/mol. The summed E-state index contributed by atoms with van der Waals surface area (Å²) >= 11 is 0. The van der Waals surface area contributed by atoms with E-state index < -0.39 is 0 Å². The molecule has 2 heterocycles. The minimum atomic E-state index is -0.256. The van der Waals surface area contributed by atoms with Gasteiger partial charge in [-0.1, -0.05) is 12.1 Å². The first-order valence-electron chi connectivity index (χ1n) is 7.13. The highest BCUT2D eigenvalue weighted by Crippen LogP contribution is 2.15. The Hall–Kier alpha value is -3.15. The molecule has 6 heteroatoms. The first-order chi connectivity index (χ1) is 11.2. The van der Waals surface area contributed by atoms with Gasteiger partial charge in [0.15, 0.2) is 5.69 Å². The van der Waals surface area contributed by atoms with Crippen LogP contribution in [0.3, 0.4) is 0 Å². The van der Waals surface area contributed by atoms with Crippen LogP contribution in [0, 0.1) is 0 Å². The molecule has 3 rings (SSSR count). The van der Waals surface area contributed by atoms with E-state index >= 15 is 0 Å². The molecule has 1 amide bonds. The van der Waals surface area contributed by atoms with Crippen molar-refractivity contribution in [1.29, 1.82) is 0 Å². The molecule has 0 spiro atoms. The zero-order valence-corrected chi connectivity index (χ0v) is 12.6. The molecule has 116 valence electrons. The van der Waals surface area contributed by atoms with Crippen LogP contribution < -0.4 is 10.1 Å². The number of aromatic amines is 1. The van der Waals surface area contributed by atoms with E-state index in [-0.39, 0.29) is 5.91 Å². The average Bonchev–Trinajstić information content (AvgIpc) is 3.05. The highest BCUT2D eigenvalue weighted by Gasteiger charge is 2.11. The number of nitrogens with one attached hydrogen (secondary N) is 2. The summed E-state index contributed by atoms with van der Waals surface area (Å²) in [6, 6.07) is 13.0. The molecule has 2 aromatic heterocycles. The molecule has 0 radical (unpaired) electrons. The molecule has 0 fully saturated rings. The molecule has 0 aliphatic carbocycles. The number of carbonyl (C=O) groups excluding carboxylic acids is 1. The van der Waals surface area contributed by atoms with Gasteiger partial charge in [-0.05, 0) is 35.9 Å².